The van der Waals surface area contributed by atoms with Gasteiger partial charge in [-0.3, -0.25) is 0 Å². The summed E-state index contributed by atoms with van der Waals surface area (Å²) in [5.74, 6) is 0.676. The highest BCUT2D eigenvalue weighted by Gasteiger charge is 2.23. The van der Waals surface area contributed by atoms with Gasteiger partial charge in [-0.25, -0.2) is 0 Å². The second kappa shape index (κ2) is 8.21. The van der Waals surface area contributed by atoms with Crippen molar-refractivity contribution in [3.63, 3.8) is 0 Å². The lowest BCUT2D eigenvalue weighted by molar-refractivity contribution is 0.146. The molecule has 2 atom stereocenters. The summed E-state index contributed by atoms with van der Waals surface area (Å²) in [5.41, 5.74) is 2.75. The number of ether oxygens (including phenoxy) is 1. The van der Waals surface area contributed by atoms with E-state index in [2.05, 4.69) is 50.6 Å². The molecule has 0 spiro atoms. The summed E-state index contributed by atoms with van der Waals surface area (Å²) >= 11 is 0. The lowest BCUT2D eigenvalue weighted by atomic mass is 9.87. The fourth-order valence-electron chi connectivity index (χ4n) is 2.52. The average Bonchev–Trinajstić information content (AvgIpc) is 2.42. The van der Waals surface area contributed by atoms with Crippen LogP contribution in [0.2, 0.25) is 0 Å². The van der Waals surface area contributed by atoms with Gasteiger partial charge in [0, 0.05) is 19.7 Å². The Morgan fingerprint density at radius 3 is 2.79 bits per heavy atom. The van der Waals surface area contributed by atoms with Gasteiger partial charge >= 0.3 is 0 Å². The summed E-state index contributed by atoms with van der Waals surface area (Å²) in [7, 11) is 1.76. The van der Waals surface area contributed by atoms with E-state index in [1.54, 1.807) is 7.11 Å². The van der Waals surface area contributed by atoms with Crippen molar-refractivity contribution in [2.24, 2.45) is 5.92 Å². The second-order valence-corrected chi connectivity index (χ2v) is 5.60. The number of allylic oxidation sites excluding steroid dienone is 3. The summed E-state index contributed by atoms with van der Waals surface area (Å²) in [6.45, 7) is 12.4. The Hall–Kier alpha value is -1.02. The van der Waals surface area contributed by atoms with E-state index < -0.39 is 0 Å². The van der Waals surface area contributed by atoms with Crippen LogP contribution in [-0.2, 0) is 4.74 Å². The molecule has 0 radical (unpaired) electrons. The summed E-state index contributed by atoms with van der Waals surface area (Å²) in [4.78, 5) is 2.37. The third-order valence-corrected chi connectivity index (χ3v) is 4.00. The molecule has 0 aromatic heterocycles. The molecule has 0 N–H and O–H groups in total. The number of rotatable bonds is 7. The molecule has 0 aromatic carbocycles. The minimum Gasteiger partial charge on any atom is -0.383 e. The zero-order valence-corrected chi connectivity index (χ0v) is 13.0. The molecule has 2 heteroatoms. The molecule has 1 rings (SSSR count). The first-order valence-corrected chi connectivity index (χ1v) is 7.28. The third-order valence-electron chi connectivity index (χ3n) is 4.00. The predicted octanol–water partition coefficient (Wildman–Crippen LogP) is 4.16. The zero-order chi connectivity index (χ0) is 14.3. The van der Waals surface area contributed by atoms with Crippen LogP contribution in [0.25, 0.3) is 0 Å². The van der Waals surface area contributed by atoms with E-state index in [9.17, 15) is 0 Å². The molecular formula is C17H29NO. The molecule has 1 aliphatic heterocycles. The summed E-state index contributed by atoms with van der Waals surface area (Å²) in [6.07, 6.45) is 10.5. The quantitative estimate of drug-likeness (QED) is 0.639. The smallest absolute Gasteiger partial charge is 0.0637 e. The highest BCUT2D eigenvalue weighted by Crippen LogP contribution is 2.28. The Labute approximate surface area is 118 Å². The Bertz CT molecular complexity index is 343. The molecule has 0 aliphatic carbocycles. The first kappa shape index (κ1) is 16.0. The molecule has 108 valence electrons. The van der Waals surface area contributed by atoms with Crippen LogP contribution in [0.1, 0.15) is 40.0 Å². The highest BCUT2D eigenvalue weighted by molar-refractivity contribution is 5.11. The number of hydrogen-bond donors (Lipinski definition) is 0. The normalized spacial score (nSPS) is 23.8. The van der Waals surface area contributed by atoms with Crippen LogP contribution in [0.3, 0.4) is 0 Å². The van der Waals surface area contributed by atoms with Crippen molar-refractivity contribution >= 4 is 0 Å². The van der Waals surface area contributed by atoms with Crippen LogP contribution in [0.5, 0.6) is 0 Å². The van der Waals surface area contributed by atoms with E-state index in [4.69, 9.17) is 4.74 Å². The van der Waals surface area contributed by atoms with Crippen molar-refractivity contribution in [2.45, 2.75) is 46.1 Å². The van der Waals surface area contributed by atoms with Gasteiger partial charge in [0.05, 0.1) is 6.61 Å². The van der Waals surface area contributed by atoms with Gasteiger partial charge < -0.3 is 9.64 Å². The predicted molar refractivity (Wildman–Crippen MR) is 83.1 cm³/mol. The van der Waals surface area contributed by atoms with Crippen LogP contribution in [0.4, 0.5) is 0 Å². The summed E-state index contributed by atoms with van der Waals surface area (Å²) < 4.78 is 5.18. The fraction of sp³-hybridized carbons (Fsp3) is 0.647. The van der Waals surface area contributed by atoms with Crippen LogP contribution in [-0.4, -0.2) is 31.2 Å². The van der Waals surface area contributed by atoms with Crippen molar-refractivity contribution in [2.75, 3.05) is 20.3 Å². The molecule has 19 heavy (non-hydrogen) atoms. The zero-order valence-electron chi connectivity index (χ0n) is 13.0. The number of nitrogens with zero attached hydrogens (tertiary/aromatic N) is 1. The van der Waals surface area contributed by atoms with Crippen molar-refractivity contribution in [3.8, 4) is 0 Å². The van der Waals surface area contributed by atoms with E-state index >= 15 is 0 Å². The molecule has 2 nitrogen and oxygen atoms in total. The van der Waals surface area contributed by atoms with Crippen molar-refractivity contribution in [1.29, 1.82) is 0 Å². The lowest BCUT2D eigenvalue weighted by Crippen LogP contribution is -2.38. The van der Waals surface area contributed by atoms with E-state index in [0.717, 1.165) is 13.2 Å². The average molecular weight is 263 g/mol. The summed E-state index contributed by atoms with van der Waals surface area (Å²) in [5, 5.41) is 0. The third kappa shape index (κ3) is 5.23. The molecule has 2 unspecified atom stereocenters. The van der Waals surface area contributed by atoms with Crippen molar-refractivity contribution < 1.29 is 4.74 Å². The Balaban J connectivity index is 2.58. The number of hydrogen-bond acceptors (Lipinski definition) is 2. The fourth-order valence-corrected chi connectivity index (χ4v) is 2.52. The van der Waals surface area contributed by atoms with Crippen LogP contribution >= 0.6 is 0 Å². The maximum Gasteiger partial charge on any atom is 0.0637 e. The standard InChI is InChI=1S/C17H29NO/c1-6-15(4)7-8-16-9-10-18(11-12-19-5)17(13-16)14(2)3/h6,9-10,16-17H,2,7-8,11-13H2,1,3-5H3/b15-6+. The Morgan fingerprint density at radius 1 is 1.47 bits per heavy atom. The van der Waals surface area contributed by atoms with Crippen LogP contribution in [0.15, 0.2) is 36.1 Å². The maximum absolute atomic E-state index is 5.18. The van der Waals surface area contributed by atoms with Gasteiger partial charge in [0.2, 0.25) is 0 Å². The maximum atomic E-state index is 5.18. The van der Waals surface area contributed by atoms with E-state index in [0.29, 0.717) is 12.0 Å². The molecule has 0 aromatic rings. The van der Waals surface area contributed by atoms with E-state index in [1.807, 2.05) is 0 Å². The topological polar surface area (TPSA) is 12.5 Å². The van der Waals surface area contributed by atoms with E-state index in [1.165, 1.54) is 30.4 Å². The van der Waals surface area contributed by atoms with Gasteiger partial charge in [-0.15, -0.1) is 0 Å². The van der Waals surface area contributed by atoms with Gasteiger partial charge in [-0.1, -0.05) is 29.9 Å². The van der Waals surface area contributed by atoms with Crippen molar-refractivity contribution in [3.05, 3.63) is 36.1 Å². The molecule has 1 aliphatic rings. The largest absolute Gasteiger partial charge is 0.383 e. The Morgan fingerprint density at radius 2 is 2.21 bits per heavy atom. The molecular weight excluding hydrogens is 234 g/mol. The molecule has 0 saturated carbocycles. The van der Waals surface area contributed by atoms with Gasteiger partial charge in [-0.2, -0.15) is 0 Å². The highest BCUT2D eigenvalue weighted by atomic mass is 16.5. The SMILES string of the molecule is C=C(C)C1CC(CC/C(C)=C/C)C=CN1CCOC. The molecule has 1 heterocycles. The van der Waals surface area contributed by atoms with Gasteiger partial charge in [0.25, 0.3) is 0 Å². The Kier molecular flexibility index (Phi) is 6.93. The van der Waals surface area contributed by atoms with Crippen LogP contribution < -0.4 is 0 Å². The molecule has 0 bridgehead atoms. The van der Waals surface area contributed by atoms with Crippen LogP contribution in [0, 0.1) is 5.92 Å². The first-order valence-electron chi connectivity index (χ1n) is 7.28. The molecule has 0 fully saturated rings. The minimum absolute atomic E-state index is 0.469. The second-order valence-electron chi connectivity index (χ2n) is 5.60. The van der Waals surface area contributed by atoms with Crippen molar-refractivity contribution in [1.82, 2.24) is 4.90 Å². The monoisotopic (exact) mass is 263 g/mol. The molecule has 0 saturated heterocycles. The van der Waals surface area contributed by atoms with E-state index in [-0.39, 0.29) is 0 Å². The van der Waals surface area contributed by atoms with Gasteiger partial charge in [0.15, 0.2) is 0 Å². The molecule has 0 amide bonds. The first-order chi connectivity index (χ1) is 9.08. The lowest BCUT2D eigenvalue weighted by Gasteiger charge is -2.37. The minimum atomic E-state index is 0.469. The van der Waals surface area contributed by atoms with Gasteiger partial charge in [-0.05, 0) is 52.2 Å². The summed E-state index contributed by atoms with van der Waals surface area (Å²) in [6, 6.07) is 0.469. The van der Waals surface area contributed by atoms with Gasteiger partial charge in [0.1, 0.15) is 0 Å². The number of methoxy groups -OCH3 is 1.